The first kappa shape index (κ1) is 13.7. The van der Waals surface area contributed by atoms with Crippen molar-refractivity contribution in [1.29, 1.82) is 0 Å². The molecular formula is C17H24N2O. The summed E-state index contributed by atoms with van der Waals surface area (Å²) in [6.07, 6.45) is 4.50. The van der Waals surface area contributed by atoms with Crippen molar-refractivity contribution in [3.63, 3.8) is 0 Å². The Labute approximate surface area is 121 Å². The summed E-state index contributed by atoms with van der Waals surface area (Å²) in [5, 5.41) is 3.74. The van der Waals surface area contributed by atoms with E-state index in [9.17, 15) is 0 Å². The Hall–Kier alpha value is -1.32. The molecule has 1 aromatic rings. The van der Waals surface area contributed by atoms with E-state index in [0.717, 1.165) is 18.2 Å². The van der Waals surface area contributed by atoms with Crippen LogP contribution in [0.1, 0.15) is 18.4 Å². The fourth-order valence-corrected chi connectivity index (χ4v) is 3.38. The molecular weight excluding hydrogens is 248 g/mol. The Kier molecular flexibility index (Phi) is 4.38. The third-order valence-electron chi connectivity index (χ3n) is 4.54. The van der Waals surface area contributed by atoms with Gasteiger partial charge in [-0.1, -0.05) is 30.9 Å². The highest BCUT2D eigenvalue weighted by atomic mass is 16.5. The Balaban J connectivity index is 1.59. The summed E-state index contributed by atoms with van der Waals surface area (Å²) in [7, 11) is 0. The Morgan fingerprint density at radius 3 is 2.80 bits per heavy atom. The standard InChI is InChI=1S/C17H24N2O/c1-2-11-20-17-6-4-3-5-15(17)12-18-16-13-19-9-7-14(16)8-10-19/h2-6,14,16,18H,1,7-13H2. The van der Waals surface area contributed by atoms with E-state index in [1.54, 1.807) is 6.08 Å². The van der Waals surface area contributed by atoms with E-state index in [-0.39, 0.29) is 0 Å². The van der Waals surface area contributed by atoms with E-state index in [4.69, 9.17) is 4.74 Å². The Morgan fingerprint density at radius 2 is 2.10 bits per heavy atom. The van der Waals surface area contributed by atoms with Gasteiger partial charge in [-0.3, -0.25) is 0 Å². The zero-order chi connectivity index (χ0) is 13.8. The van der Waals surface area contributed by atoms with Gasteiger partial charge in [-0.15, -0.1) is 0 Å². The molecule has 0 saturated carbocycles. The van der Waals surface area contributed by atoms with Crippen LogP contribution >= 0.6 is 0 Å². The van der Waals surface area contributed by atoms with Gasteiger partial charge in [-0.05, 0) is 37.9 Å². The monoisotopic (exact) mass is 272 g/mol. The molecule has 3 nitrogen and oxygen atoms in total. The summed E-state index contributed by atoms with van der Waals surface area (Å²) >= 11 is 0. The SMILES string of the molecule is C=CCOc1ccccc1CNC1CN2CCC1CC2. The molecule has 1 N–H and O–H groups in total. The minimum absolute atomic E-state index is 0.566. The molecule has 3 saturated heterocycles. The minimum atomic E-state index is 0.566. The normalized spacial score (nSPS) is 28.3. The zero-order valence-corrected chi connectivity index (χ0v) is 12.1. The number of ether oxygens (including phenoxy) is 1. The topological polar surface area (TPSA) is 24.5 Å². The number of para-hydroxylation sites is 1. The van der Waals surface area contributed by atoms with Crippen molar-refractivity contribution >= 4 is 0 Å². The summed E-state index contributed by atoms with van der Waals surface area (Å²) in [4.78, 5) is 2.58. The van der Waals surface area contributed by atoms with E-state index in [1.165, 1.54) is 38.0 Å². The summed E-state index contributed by atoms with van der Waals surface area (Å²) in [6, 6.07) is 8.93. The second-order valence-corrected chi connectivity index (χ2v) is 5.83. The molecule has 1 unspecified atom stereocenters. The first-order valence-electron chi connectivity index (χ1n) is 7.64. The molecule has 108 valence electrons. The molecule has 0 spiro atoms. The van der Waals surface area contributed by atoms with Crippen LogP contribution in [-0.2, 0) is 6.54 Å². The molecule has 20 heavy (non-hydrogen) atoms. The highest BCUT2D eigenvalue weighted by Gasteiger charge is 2.33. The predicted octanol–water partition coefficient (Wildman–Crippen LogP) is 2.44. The molecule has 3 heteroatoms. The van der Waals surface area contributed by atoms with Crippen LogP contribution in [0.5, 0.6) is 5.75 Å². The summed E-state index contributed by atoms with van der Waals surface area (Å²) in [5.41, 5.74) is 1.24. The molecule has 0 aromatic heterocycles. The van der Waals surface area contributed by atoms with Crippen LogP contribution in [0.3, 0.4) is 0 Å². The Bertz CT molecular complexity index is 452. The largest absolute Gasteiger partial charge is 0.489 e. The molecule has 3 heterocycles. The van der Waals surface area contributed by atoms with Gasteiger partial charge < -0.3 is 15.0 Å². The van der Waals surface area contributed by atoms with Crippen molar-refractivity contribution in [3.8, 4) is 5.75 Å². The molecule has 3 fully saturated rings. The maximum atomic E-state index is 5.72. The van der Waals surface area contributed by atoms with Crippen molar-refractivity contribution in [2.45, 2.75) is 25.4 Å². The van der Waals surface area contributed by atoms with Gasteiger partial charge in [0.05, 0.1) is 0 Å². The number of nitrogens with one attached hydrogen (secondary N) is 1. The minimum Gasteiger partial charge on any atom is -0.489 e. The second-order valence-electron chi connectivity index (χ2n) is 5.83. The van der Waals surface area contributed by atoms with Crippen LogP contribution in [0.25, 0.3) is 0 Å². The molecule has 1 aromatic carbocycles. The first-order chi connectivity index (χ1) is 9.86. The maximum Gasteiger partial charge on any atom is 0.124 e. The summed E-state index contributed by atoms with van der Waals surface area (Å²) in [6.45, 7) is 8.96. The van der Waals surface area contributed by atoms with Crippen LogP contribution in [0.4, 0.5) is 0 Å². The zero-order valence-electron chi connectivity index (χ0n) is 12.1. The van der Waals surface area contributed by atoms with Gasteiger partial charge in [-0.2, -0.15) is 0 Å². The molecule has 0 amide bonds. The highest BCUT2D eigenvalue weighted by Crippen LogP contribution is 2.28. The van der Waals surface area contributed by atoms with Gasteiger partial charge in [-0.25, -0.2) is 0 Å². The van der Waals surface area contributed by atoms with Gasteiger partial charge in [0.1, 0.15) is 12.4 Å². The number of piperidine rings is 3. The van der Waals surface area contributed by atoms with Crippen LogP contribution in [0.15, 0.2) is 36.9 Å². The van der Waals surface area contributed by atoms with Gasteiger partial charge >= 0.3 is 0 Å². The number of benzene rings is 1. The summed E-state index contributed by atoms with van der Waals surface area (Å²) < 4.78 is 5.72. The molecule has 2 bridgehead atoms. The number of fused-ring (bicyclic) bond motifs is 3. The van der Waals surface area contributed by atoms with Gasteiger partial charge in [0.15, 0.2) is 0 Å². The van der Waals surface area contributed by atoms with Gasteiger partial charge in [0.2, 0.25) is 0 Å². The van der Waals surface area contributed by atoms with E-state index in [0.29, 0.717) is 12.6 Å². The van der Waals surface area contributed by atoms with E-state index >= 15 is 0 Å². The third-order valence-corrected chi connectivity index (χ3v) is 4.54. The van der Waals surface area contributed by atoms with E-state index < -0.39 is 0 Å². The second kappa shape index (κ2) is 6.42. The first-order valence-corrected chi connectivity index (χ1v) is 7.64. The van der Waals surface area contributed by atoms with Gasteiger partial charge in [0.25, 0.3) is 0 Å². The van der Waals surface area contributed by atoms with Crippen molar-refractivity contribution in [3.05, 3.63) is 42.5 Å². The number of hydrogen-bond donors (Lipinski definition) is 1. The van der Waals surface area contributed by atoms with Gasteiger partial charge in [0, 0.05) is 24.7 Å². The third kappa shape index (κ3) is 3.05. The van der Waals surface area contributed by atoms with E-state index in [1.807, 2.05) is 12.1 Å². The Morgan fingerprint density at radius 1 is 1.30 bits per heavy atom. The lowest BCUT2D eigenvalue weighted by Gasteiger charge is -2.45. The lowest BCUT2D eigenvalue weighted by Crippen LogP contribution is -2.55. The van der Waals surface area contributed by atoms with Crippen LogP contribution in [0, 0.1) is 5.92 Å². The van der Waals surface area contributed by atoms with Crippen molar-refractivity contribution in [2.75, 3.05) is 26.2 Å². The molecule has 4 rings (SSSR count). The predicted molar refractivity (Wildman–Crippen MR) is 81.9 cm³/mol. The molecule has 1 atom stereocenters. The molecule has 0 radical (unpaired) electrons. The van der Waals surface area contributed by atoms with Crippen molar-refractivity contribution in [1.82, 2.24) is 10.2 Å². The molecule has 3 aliphatic heterocycles. The van der Waals surface area contributed by atoms with Crippen molar-refractivity contribution < 1.29 is 4.74 Å². The van der Waals surface area contributed by atoms with Crippen LogP contribution in [-0.4, -0.2) is 37.2 Å². The fraction of sp³-hybridized carbons (Fsp3) is 0.529. The highest BCUT2D eigenvalue weighted by molar-refractivity contribution is 5.33. The van der Waals surface area contributed by atoms with Crippen molar-refractivity contribution in [2.24, 2.45) is 5.92 Å². The maximum absolute atomic E-state index is 5.72. The fourth-order valence-electron chi connectivity index (χ4n) is 3.38. The smallest absolute Gasteiger partial charge is 0.124 e. The van der Waals surface area contributed by atoms with Crippen LogP contribution < -0.4 is 10.1 Å². The number of hydrogen-bond acceptors (Lipinski definition) is 3. The quantitative estimate of drug-likeness (QED) is 0.805. The lowest BCUT2D eigenvalue weighted by molar-refractivity contribution is 0.0719. The van der Waals surface area contributed by atoms with Crippen LogP contribution in [0.2, 0.25) is 0 Å². The van der Waals surface area contributed by atoms with E-state index in [2.05, 4.69) is 28.9 Å². The average Bonchev–Trinajstić information content (AvgIpc) is 2.53. The number of rotatable bonds is 6. The molecule has 3 aliphatic rings. The summed E-state index contributed by atoms with van der Waals surface area (Å²) in [5.74, 6) is 1.84. The number of nitrogens with zero attached hydrogens (tertiary/aromatic N) is 1. The average molecular weight is 272 g/mol. The molecule has 0 aliphatic carbocycles. The lowest BCUT2D eigenvalue weighted by atomic mass is 9.84.